The van der Waals surface area contributed by atoms with Gasteiger partial charge < -0.3 is 19.6 Å². The molecule has 1 fully saturated rings. The third kappa shape index (κ3) is 4.22. The first-order chi connectivity index (χ1) is 14.6. The summed E-state index contributed by atoms with van der Waals surface area (Å²) >= 11 is 0. The molecule has 154 valence electrons. The molecule has 3 aromatic rings. The molecule has 0 atom stereocenters. The minimum absolute atomic E-state index is 0.0838. The van der Waals surface area contributed by atoms with E-state index in [1.165, 1.54) is 6.07 Å². The third-order valence-electron chi connectivity index (χ3n) is 5.45. The zero-order valence-corrected chi connectivity index (χ0v) is 16.5. The van der Waals surface area contributed by atoms with E-state index < -0.39 is 17.4 Å². The lowest BCUT2D eigenvalue weighted by Crippen LogP contribution is -2.52. The fraction of sp³-hybridized carbons (Fsp3) is 0.250. The molecule has 6 heteroatoms. The van der Waals surface area contributed by atoms with Crippen LogP contribution < -0.4 is 10.1 Å². The van der Waals surface area contributed by atoms with E-state index in [1.807, 2.05) is 54.6 Å². The number of ether oxygens (including phenoxy) is 1. The number of carboxylic acid groups (broad SMARTS) is 1. The zero-order chi connectivity index (χ0) is 21.0. The first-order valence-corrected chi connectivity index (χ1v) is 9.99. The molecule has 0 unspecified atom stereocenters. The van der Waals surface area contributed by atoms with Gasteiger partial charge >= 0.3 is 5.97 Å². The molecule has 0 aliphatic heterocycles. The summed E-state index contributed by atoms with van der Waals surface area (Å²) in [5, 5.41) is 12.1. The maximum atomic E-state index is 12.5. The van der Waals surface area contributed by atoms with Crippen LogP contribution >= 0.6 is 0 Å². The Kier molecular flexibility index (Phi) is 5.57. The molecule has 6 nitrogen and oxygen atoms in total. The Morgan fingerprint density at radius 2 is 1.60 bits per heavy atom. The van der Waals surface area contributed by atoms with Crippen LogP contribution in [0.1, 0.15) is 42.0 Å². The average molecular weight is 405 g/mol. The Labute approximate surface area is 174 Å². The minimum atomic E-state index is -1.19. The standard InChI is InChI=1S/C24H23NO5/c26-22(25-24(23(27)28)14-4-5-15-24)21-13-12-20(30-21)16-29-19-10-8-18(9-11-19)17-6-2-1-3-7-17/h1-3,6-13H,4-5,14-16H2,(H,25,26)(H,27,28). The number of carbonyl (C=O) groups excluding carboxylic acids is 1. The average Bonchev–Trinajstić information content (AvgIpc) is 3.44. The van der Waals surface area contributed by atoms with Gasteiger partial charge in [0.25, 0.3) is 5.91 Å². The van der Waals surface area contributed by atoms with Crippen molar-refractivity contribution in [2.24, 2.45) is 0 Å². The monoisotopic (exact) mass is 405 g/mol. The van der Waals surface area contributed by atoms with Gasteiger partial charge in [0.05, 0.1) is 0 Å². The molecule has 2 N–H and O–H groups in total. The molecular weight excluding hydrogens is 382 g/mol. The van der Waals surface area contributed by atoms with E-state index >= 15 is 0 Å². The fourth-order valence-electron chi connectivity index (χ4n) is 3.76. The molecule has 0 spiro atoms. The largest absolute Gasteiger partial charge is 0.486 e. The first-order valence-electron chi connectivity index (χ1n) is 9.99. The summed E-state index contributed by atoms with van der Waals surface area (Å²) in [6.07, 6.45) is 2.44. The summed E-state index contributed by atoms with van der Waals surface area (Å²) in [6.45, 7) is 0.169. The maximum Gasteiger partial charge on any atom is 0.329 e. The molecule has 1 aromatic heterocycles. The molecule has 1 heterocycles. The van der Waals surface area contributed by atoms with Crippen molar-refractivity contribution in [3.8, 4) is 16.9 Å². The summed E-state index contributed by atoms with van der Waals surface area (Å²) in [5.41, 5.74) is 1.03. The van der Waals surface area contributed by atoms with Gasteiger partial charge in [-0.05, 0) is 48.2 Å². The number of benzene rings is 2. The van der Waals surface area contributed by atoms with E-state index in [0.717, 1.165) is 24.0 Å². The highest BCUT2D eigenvalue weighted by Gasteiger charge is 2.43. The van der Waals surface area contributed by atoms with E-state index in [2.05, 4.69) is 5.32 Å². The molecule has 4 rings (SSSR count). The Morgan fingerprint density at radius 3 is 2.27 bits per heavy atom. The lowest BCUT2D eigenvalue weighted by Gasteiger charge is -2.24. The van der Waals surface area contributed by atoms with Crippen molar-refractivity contribution >= 4 is 11.9 Å². The number of amides is 1. The van der Waals surface area contributed by atoms with Gasteiger partial charge in [-0.25, -0.2) is 4.79 Å². The van der Waals surface area contributed by atoms with Crippen molar-refractivity contribution in [2.75, 3.05) is 0 Å². The predicted octanol–water partition coefficient (Wildman–Crippen LogP) is 4.65. The minimum Gasteiger partial charge on any atom is -0.486 e. The van der Waals surface area contributed by atoms with E-state index in [1.54, 1.807) is 6.07 Å². The summed E-state index contributed by atoms with van der Waals surface area (Å²) in [6, 6.07) is 21.0. The van der Waals surface area contributed by atoms with Crippen molar-refractivity contribution in [2.45, 2.75) is 37.8 Å². The number of carbonyl (C=O) groups is 2. The summed E-state index contributed by atoms with van der Waals surface area (Å²) in [4.78, 5) is 24.1. The highest BCUT2D eigenvalue weighted by atomic mass is 16.5. The van der Waals surface area contributed by atoms with Gasteiger partial charge in [-0.15, -0.1) is 0 Å². The molecule has 30 heavy (non-hydrogen) atoms. The Balaban J connectivity index is 1.35. The van der Waals surface area contributed by atoms with Gasteiger partial charge in [0.2, 0.25) is 0 Å². The quantitative estimate of drug-likeness (QED) is 0.597. The summed E-state index contributed by atoms with van der Waals surface area (Å²) < 4.78 is 11.3. The van der Waals surface area contributed by atoms with Gasteiger partial charge in [-0.3, -0.25) is 4.79 Å². The van der Waals surface area contributed by atoms with Gasteiger partial charge in [0.1, 0.15) is 23.7 Å². The van der Waals surface area contributed by atoms with Crippen molar-refractivity contribution in [1.29, 1.82) is 0 Å². The van der Waals surface area contributed by atoms with Crippen LogP contribution in [0, 0.1) is 0 Å². The number of furan rings is 1. The SMILES string of the molecule is O=C(NC1(C(=O)O)CCCC1)c1ccc(COc2ccc(-c3ccccc3)cc2)o1. The Bertz CT molecular complexity index is 1020. The van der Waals surface area contributed by atoms with Crippen molar-refractivity contribution in [3.63, 3.8) is 0 Å². The molecule has 0 bridgehead atoms. The number of carboxylic acids is 1. The molecule has 0 saturated heterocycles. The predicted molar refractivity (Wildman–Crippen MR) is 111 cm³/mol. The second-order valence-corrected chi connectivity index (χ2v) is 7.49. The van der Waals surface area contributed by atoms with Crippen LogP contribution in [0.4, 0.5) is 0 Å². The molecular formula is C24H23NO5. The zero-order valence-electron chi connectivity index (χ0n) is 16.5. The first kappa shape index (κ1) is 19.8. The lowest BCUT2D eigenvalue weighted by atomic mass is 9.98. The Morgan fingerprint density at radius 1 is 0.933 bits per heavy atom. The molecule has 1 amide bonds. The molecule has 2 aromatic carbocycles. The normalized spacial score (nSPS) is 14.9. The number of aliphatic carboxylic acids is 1. The smallest absolute Gasteiger partial charge is 0.329 e. The van der Waals surface area contributed by atoms with Crippen LogP contribution in [0.15, 0.2) is 71.1 Å². The van der Waals surface area contributed by atoms with Gasteiger partial charge in [-0.1, -0.05) is 55.3 Å². The molecule has 0 radical (unpaired) electrons. The summed E-state index contributed by atoms with van der Waals surface area (Å²) in [7, 11) is 0. The highest BCUT2D eigenvalue weighted by molar-refractivity contribution is 5.96. The molecule has 1 aliphatic carbocycles. The lowest BCUT2D eigenvalue weighted by molar-refractivity contribution is -0.144. The van der Waals surface area contributed by atoms with Crippen LogP contribution in [0.2, 0.25) is 0 Å². The topological polar surface area (TPSA) is 88.8 Å². The number of hydrogen-bond acceptors (Lipinski definition) is 4. The number of hydrogen-bond donors (Lipinski definition) is 2. The second kappa shape index (κ2) is 8.45. The maximum absolute atomic E-state index is 12.5. The van der Waals surface area contributed by atoms with Crippen LogP contribution in [-0.4, -0.2) is 22.5 Å². The van der Waals surface area contributed by atoms with Crippen LogP contribution in [0.3, 0.4) is 0 Å². The van der Waals surface area contributed by atoms with E-state index in [9.17, 15) is 14.7 Å². The summed E-state index contributed by atoms with van der Waals surface area (Å²) in [5.74, 6) is -0.253. The van der Waals surface area contributed by atoms with Gasteiger partial charge in [0, 0.05) is 0 Å². The number of rotatable bonds is 7. The van der Waals surface area contributed by atoms with Crippen molar-refractivity contribution < 1.29 is 23.8 Å². The molecule has 1 saturated carbocycles. The number of nitrogens with one attached hydrogen (secondary N) is 1. The van der Waals surface area contributed by atoms with Crippen LogP contribution in [-0.2, 0) is 11.4 Å². The third-order valence-corrected chi connectivity index (χ3v) is 5.45. The fourth-order valence-corrected chi connectivity index (χ4v) is 3.76. The van der Waals surface area contributed by atoms with Crippen LogP contribution in [0.5, 0.6) is 5.75 Å². The second-order valence-electron chi connectivity index (χ2n) is 7.49. The van der Waals surface area contributed by atoms with Gasteiger partial charge in [-0.2, -0.15) is 0 Å². The van der Waals surface area contributed by atoms with Gasteiger partial charge in [0.15, 0.2) is 5.76 Å². The highest BCUT2D eigenvalue weighted by Crippen LogP contribution is 2.30. The van der Waals surface area contributed by atoms with Crippen molar-refractivity contribution in [1.82, 2.24) is 5.32 Å². The molecule has 1 aliphatic rings. The van der Waals surface area contributed by atoms with E-state index in [-0.39, 0.29) is 12.4 Å². The van der Waals surface area contributed by atoms with Crippen molar-refractivity contribution in [3.05, 3.63) is 78.3 Å². The van der Waals surface area contributed by atoms with E-state index in [4.69, 9.17) is 9.15 Å². The van der Waals surface area contributed by atoms with Crippen LogP contribution in [0.25, 0.3) is 11.1 Å². The Hall–Kier alpha value is -3.54. The van der Waals surface area contributed by atoms with E-state index in [0.29, 0.717) is 24.4 Å².